The number of amides is 4. The molecule has 1 aromatic carbocycles. The number of ketones is 1. The predicted octanol–water partition coefficient (Wildman–Crippen LogP) is 6.68. The molecule has 2 fully saturated rings. The van der Waals surface area contributed by atoms with E-state index >= 15 is 0 Å². The Morgan fingerprint density at radius 3 is 2.17 bits per heavy atom. The SMILES string of the molecule is CC(C)(C)OC(=O)NC1(CN(C(=O)OC(C)(C)C)c2ccc(NC(=O)N3CCC(C(=O)C(=N)Nc4ccc(F)c(Br)c4)CC3)cn2)CC1. The van der Waals surface area contributed by atoms with Crippen LogP contribution < -0.4 is 20.9 Å². The van der Waals surface area contributed by atoms with Crippen LogP contribution in [0.5, 0.6) is 0 Å². The third kappa shape index (κ3) is 10.4. The van der Waals surface area contributed by atoms with E-state index in [2.05, 4.69) is 36.9 Å². The van der Waals surface area contributed by atoms with Crippen molar-refractivity contribution in [2.24, 2.45) is 5.92 Å². The summed E-state index contributed by atoms with van der Waals surface area (Å²) in [6, 6.07) is 6.97. The van der Waals surface area contributed by atoms with Crippen LogP contribution in [0.4, 0.5) is 36.0 Å². The van der Waals surface area contributed by atoms with Gasteiger partial charge in [0, 0.05) is 24.7 Å². The van der Waals surface area contributed by atoms with Gasteiger partial charge in [0.25, 0.3) is 0 Å². The van der Waals surface area contributed by atoms with E-state index in [4.69, 9.17) is 14.9 Å². The van der Waals surface area contributed by atoms with E-state index in [0.29, 0.717) is 50.1 Å². The highest BCUT2D eigenvalue weighted by Gasteiger charge is 2.48. The van der Waals surface area contributed by atoms with Crippen molar-refractivity contribution in [3.63, 3.8) is 0 Å². The monoisotopic (exact) mass is 731 g/mol. The molecular formula is C33H43BrFN7O6. The zero-order valence-corrected chi connectivity index (χ0v) is 29.6. The molecule has 15 heteroatoms. The maximum atomic E-state index is 13.5. The van der Waals surface area contributed by atoms with Crippen molar-refractivity contribution in [1.82, 2.24) is 15.2 Å². The number of hydrogen-bond donors (Lipinski definition) is 4. The Balaban J connectivity index is 1.34. The fourth-order valence-electron chi connectivity index (χ4n) is 5.00. The van der Waals surface area contributed by atoms with Crippen molar-refractivity contribution in [3.05, 3.63) is 46.8 Å². The Labute approximate surface area is 287 Å². The van der Waals surface area contributed by atoms with Gasteiger partial charge >= 0.3 is 18.2 Å². The van der Waals surface area contributed by atoms with Crippen LogP contribution in [0.25, 0.3) is 0 Å². The van der Waals surface area contributed by atoms with Gasteiger partial charge in [-0.15, -0.1) is 0 Å². The molecule has 1 aromatic heterocycles. The minimum absolute atomic E-state index is 0.113. The number of carbonyl (C=O) groups excluding carboxylic acids is 4. The first-order valence-corrected chi connectivity index (χ1v) is 16.5. The Morgan fingerprint density at radius 1 is 1.00 bits per heavy atom. The molecule has 1 aliphatic heterocycles. The van der Waals surface area contributed by atoms with E-state index < -0.39 is 40.7 Å². The molecule has 1 saturated carbocycles. The highest BCUT2D eigenvalue weighted by Crippen LogP contribution is 2.38. The summed E-state index contributed by atoms with van der Waals surface area (Å²) in [5.74, 6) is -1.27. The lowest BCUT2D eigenvalue weighted by molar-refractivity contribution is -0.117. The summed E-state index contributed by atoms with van der Waals surface area (Å²) in [7, 11) is 0. The summed E-state index contributed by atoms with van der Waals surface area (Å²) in [5.41, 5.74) is -1.32. The van der Waals surface area contributed by atoms with Crippen LogP contribution in [0, 0.1) is 17.1 Å². The Morgan fingerprint density at radius 2 is 1.62 bits per heavy atom. The van der Waals surface area contributed by atoms with E-state index in [1.165, 1.54) is 29.3 Å². The standard InChI is InChI=1S/C33H43BrFN7O6/c1-31(2,3)47-29(45)40-33(13-14-33)19-42(30(46)48-32(4,5)6)25-10-8-22(18-37-25)39-28(44)41-15-11-20(12-16-41)26(43)27(36)38-21-7-9-24(35)23(34)17-21/h7-10,17-18,20H,11-16,19H2,1-6H3,(H2,36,38)(H,39,44)(H,40,45). The summed E-state index contributed by atoms with van der Waals surface area (Å²) in [4.78, 5) is 59.1. The fourth-order valence-corrected chi connectivity index (χ4v) is 5.38. The molecule has 2 aromatic rings. The molecule has 2 heterocycles. The summed E-state index contributed by atoms with van der Waals surface area (Å²) >= 11 is 3.09. The van der Waals surface area contributed by atoms with Crippen LogP contribution >= 0.6 is 15.9 Å². The Kier molecular flexibility index (Phi) is 11.0. The Bertz CT molecular complexity index is 1540. The van der Waals surface area contributed by atoms with Gasteiger partial charge in [-0.05, 0) is 113 Å². The second-order valence-corrected chi connectivity index (χ2v) is 14.9. The average molecular weight is 733 g/mol. The molecule has 48 heavy (non-hydrogen) atoms. The number of amidine groups is 1. The predicted molar refractivity (Wildman–Crippen MR) is 183 cm³/mol. The first-order valence-electron chi connectivity index (χ1n) is 15.7. The van der Waals surface area contributed by atoms with Gasteiger partial charge in [0.2, 0.25) is 5.78 Å². The van der Waals surface area contributed by atoms with E-state index in [-0.39, 0.29) is 34.5 Å². The van der Waals surface area contributed by atoms with E-state index in [9.17, 15) is 23.6 Å². The van der Waals surface area contributed by atoms with Crippen molar-refractivity contribution in [1.29, 1.82) is 5.41 Å². The fraction of sp³-hybridized carbons (Fsp3) is 0.515. The smallest absolute Gasteiger partial charge is 0.416 e. The van der Waals surface area contributed by atoms with Gasteiger partial charge in [0.15, 0.2) is 5.84 Å². The zero-order valence-electron chi connectivity index (χ0n) is 28.0. The van der Waals surface area contributed by atoms with E-state index in [1.807, 2.05) is 0 Å². The number of alkyl carbamates (subject to hydrolysis) is 1. The lowest BCUT2D eigenvalue weighted by Gasteiger charge is -2.31. The molecular weight excluding hydrogens is 689 g/mol. The molecule has 1 saturated heterocycles. The number of halogens is 2. The Hall–Kier alpha value is -4.27. The van der Waals surface area contributed by atoms with Crippen LogP contribution in [-0.2, 0) is 14.3 Å². The van der Waals surface area contributed by atoms with Crippen LogP contribution in [0.2, 0.25) is 0 Å². The highest BCUT2D eigenvalue weighted by atomic mass is 79.9. The molecule has 13 nitrogen and oxygen atoms in total. The quantitative estimate of drug-likeness (QED) is 0.172. The number of hydrogen-bond acceptors (Lipinski definition) is 8. The van der Waals surface area contributed by atoms with Gasteiger partial charge in [0.1, 0.15) is 22.8 Å². The lowest BCUT2D eigenvalue weighted by atomic mass is 9.92. The van der Waals surface area contributed by atoms with Crippen molar-refractivity contribution in [3.8, 4) is 0 Å². The summed E-state index contributed by atoms with van der Waals surface area (Å²) < 4.78 is 24.8. The number of anilines is 3. The van der Waals surface area contributed by atoms with Gasteiger partial charge in [-0.25, -0.2) is 23.8 Å². The number of carbonyl (C=O) groups is 4. The molecule has 0 bridgehead atoms. The number of ether oxygens (including phenoxy) is 2. The summed E-state index contributed by atoms with van der Waals surface area (Å²) in [5, 5.41) is 16.6. The molecule has 260 valence electrons. The van der Waals surface area contributed by atoms with Crippen LogP contribution in [0.15, 0.2) is 41.0 Å². The van der Waals surface area contributed by atoms with E-state index in [0.717, 1.165) is 0 Å². The maximum Gasteiger partial charge on any atom is 0.416 e. The molecule has 4 amide bonds. The molecule has 0 atom stereocenters. The van der Waals surface area contributed by atoms with Crippen molar-refractivity contribution < 1.29 is 33.0 Å². The maximum absolute atomic E-state index is 13.5. The molecule has 0 spiro atoms. The number of benzene rings is 1. The average Bonchev–Trinajstić information content (AvgIpc) is 3.74. The summed E-state index contributed by atoms with van der Waals surface area (Å²) in [6.07, 6.45) is 2.28. The van der Waals surface area contributed by atoms with Crippen molar-refractivity contribution >= 4 is 63.0 Å². The molecule has 0 radical (unpaired) electrons. The minimum atomic E-state index is -0.770. The molecule has 1 aliphatic carbocycles. The van der Waals surface area contributed by atoms with Crippen molar-refractivity contribution in [2.75, 3.05) is 35.2 Å². The van der Waals surface area contributed by atoms with Crippen LogP contribution in [-0.4, -0.2) is 76.1 Å². The number of piperidine rings is 1. The second kappa shape index (κ2) is 14.5. The zero-order chi connectivity index (χ0) is 35.4. The van der Waals surface area contributed by atoms with E-state index in [1.54, 1.807) is 58.6 Å². The van der Waals surface area contributed by atoms with Crippen LogP contribution in [0.1, 0.15) is 67.2 Å². The van der Waals surface area contributed by atoms with Gasteiger partial charge in [-0.1, -0.05) is 0 Å². The minimum Gasteiger partial charge on any atom is -0.444 e. The molecule has 4 rings (SSSR count). The van der Waals surface area contributed by atoms with Gasteiger partial charge in [-0.3, -0.25) is 15.1 Å². The number of nitrogens with zero attached hydrogens (tertiary/aromatic N) is 3. The number of rotatable bonds is 8. The largest absolute Gasteiger partial charge is 0.444 e. The van der Waals surface area contributed by atoms with Gasteiger partial charge < -0.3 is 30.3 Å². The number of nitrogens with one attached hydrogen (secondary N) is 4. The van der Waals surface area contributed by atoms with Gasteiger partial charge in [-0.2, -0.15) is 0 Å². The summed E-state index contributed by atoms with van der Waals surface area (Å²) in [6.45, 7) is 11.3. The first-order chi connectivity index (χ1) is 22.3. The number of Topliss-reactive ketones (excluding diaryl/α,β-unsaturated/α-hetero) is 1. The van der Waals surface area contributed by atoms with Crippen molar-refractivity contribution in [2.45, 2.75) is 84.0 Å². The topological polar surface area (TPSA) is 166 Å². The number of pyridine rings is 1. The molecule has 2 aliphatic rings. The third-order valence-corrected chi connectivity index (χ3v) is 8.17. The third-order valence-electron chi connectivity index (χ3n) is 7.56. The van der Waals surface area contributed by atoms with Gasteiger partial charge in [0.05, 0.1) is 28.4 Å². The molecule has 0 unspecified atom stereocenters. The highest BCUT2D eigenvalue weighted by molar-refractivity contribution is 9.10. The first kappa shape index (κ1) is 36.6. The number of aromatic nitrogens is 1. The second-order valence-electron chi connectivity index (χ2n) is 14.1. The normalized spacial score (nSPS) is 16.0. The molecule has 4 N–H and O–H groups in total. The van der Waals surface area contributed by atoms with Crippen LogP contribution in [0.3, 0.4) is 0 Å². The number of likely N-dealkylation sites (tertiary alicyclic amines) is 1. The number of urea groups is 1. The lowest BCUT2D eigenvalue weighted by Crippen LogP contribution is -2.50.